The van der Waals surface area contributed by atoms with Crippen LogP contribution in [0, 0.1) is 0 Å². The second-order valence-electron chi connectivity index (χ2n) is 6.25. The van der Waals surface area contributed by atoms with E-state index in [1.807, 2.05) is 5.38 Å². The zero-order valence-corrected chi connectivity index (χ0v) is 15.9. The van der Waals surface area contributed by atoms with Gasteiger partial charge in [-0.3, -0.25) is 4.79 Å². The maximum atomic E-state index is 12.6. The van der Waals surface area contributed by atoms with Gasteiger partial charge in [0.1, 0.15) is 17.2 Å². The largest absolute Gasteiger partial charge is 0.462 e. The van der Waals surface area contributed by atoms with Crippen molar-refractivity contribution in [1.82, 2.24) is 0 Å². The molecule has 1 heterocycles. The lowest BCUT2D eigenvalue weighted by Gasteiger charge is -2.17. The summed E-state index contributed by atoms with van der Waals surface area (Å²) in [5.74, 6) is -0.717. The molecule has 5 nitrogen and oxygen atoms in total. The molecule has 1 amide bonds. The Morgan fingerprint density at radius 2 is 1.96 bits per heavy atom. The van der Waals surface area contributed by atoms with E-state index in [9.17, 15) is 9.59 Å². The summed E-state index contributed by atoms with van der Waals surface area (Å²) in [6.45, 7) is 1.99. The standard InChI is InChI=1S/C20H23NO4S/c1-3-25-20(23)18-16(12-26-19(18)21-17(22)11-24-2)15-9-8-13-6-4-5-7-14(13)10-15/h8-10,12H,3-7,11H2,1-2H3,(H,21,22). The summed E-state index contributed by atoms with van der Waals surface area (Å²) in [6.07, 6.45) is 4.61. The molecule has 0 fully saturated rings. The van der Waals surface area contributed by atoms with Gasteiger partial charge in [0.25, 0.3) is 5.91 Å². The highest BCUT2D eigenvalue weighted by molar-refractivity contribution is 7.15. The van der Waals surface area contributed by atoms with Crippen molar-refractivity contribution in [3.05, 3.63) is 40.3 Å². The fraction of sp³-hybridized carbons (Fsp3) is 0.400. The first-order chi connectivity index (χ1) is 12.6. The molecule has 0 bridgehead atoms. The smallest absolute Gasteiger partial charge is 0.341 e. The summed E-state index contributed by atoms with van der Waals surface area (Å²) in [7, 11) is 1.46. The van der Waals surface area contributed by atoms with Crippen molar-refractivity contribution in [1.29, 1.82) is 0 Å². The number of aryl methyl sites for hydroxylation is 2. The molecular formula is C20H23NO4S. The number of rotatable bonds is 6. The van der Waals surface area contributed by atoms with Crippen molar-refractivity contribution in [3.8, 4) is 11.1 Å². The molecule has 1 aromatic heterocycles. The van der Waals surface area contributed by atoms with Gasteiger partial charge in [-0.05, 0) is 49.3 Å². The van der Waals surface area contributed by atoms with Crippen molar-refractivity contribution < 1.29 is 19.1 Å². The minimum Gasteiger partial charge on any atom is -0.462 e. The maximum absolute atomic E-state index is 12.6. The zero-order chi connectivity index (χ0) is 18.5. The minimum absolute atomic E-state index is 0.0612. The number of carbonyl (C=O) groups excluding carboxylic acids is 2. The molecule has 2 aromatic rings. The van der Waals surface area contributed by atoms with Crippen LogP contribution in [0.3, 0.4) is 0 Å². The molecule has 0 atom stereocenters. The molecule has 26 heavy (non-hydrogen) atoms. The van der Waals surface area contributed by atoms with Crippen LogP contribution in [0.25, 0.3) is 11.1 Å². The molecule has 138 valence electrons. The molecular weight excluding hydrogens is 350 g/mol. The normalized spacial score (nSPS) is 13.2. The van der Waals surface area contributed by atoms with E-state index in [1.54, 1.807) is 6.92 Å². The van der Waals surface area contributed by atoms with Gasteiger partial charge in [0, 0.05) is 18.1 Å². The minimum atomic E-state index is -0.422. The number of carbonyl (C=O) groups is 2. The fourth-order valence-corrected chi connectivity index (χ4v) is 4.24. The Balaban J connectivity index is 1.99. The molecule has 1 aromatic carbocycles. The zero-order valence-electron chi connectivity index (χ0n) is 15.1. The highest BCUT2D eigenvalue weighted by atomic mass is 32.1. The number of benzene rings is 1. The second kappa shape index (κ2) is 8.47. The molecule has 0 spiro atoms. The lowest BCUT2D eigenvalue weighted by molar-refractivity contribution is -0.119. The van der Waals surface area contributed by atoms with Gasteiger partial charge >= 0.3 is 5.97 Å². The lowest BCUT2D eigenvalue weighted by atomic mass is 9.89. The predicted molar refractivity (Wildman–Crippen MR) is 103 cm³/mol. The number of hydrogen-bond acceptors (Lipinski definition) is 5. The van der Waals surface area contributed by atoms with Crippen LogP contribution in [-0.4, -0.2) is 32.2 Å². The topological polar surface area (TPSA) is 64.6 Å². The van der Waals surface area contributed by atoms with Crippen LogP contribution in [0.5, 0.6) is 0 Å². The molecule has 1 aliphatic rings. The van der Waals surface area contributed by atoms with E-state index in [4.69, 9.17) is 9.47 Å². The highest BCUT2D eigenvalue weighted by Crippen LogP contribution is 2.37. The molecule has 6 heteroatoms. The van der Waals surface area contributed by atoms with E-state index in [2.05, 4.69) is 23.5 Å². The Labute approximate surface area is 157 Å². The van der Waals surface area contributed by atoms with Crippen molar-refractivity contribution in [2.75, 3.05) is 25.6 Å². The number of fused-ring (bicyclic) bond motifs is 1. The van der Waals surface area contributed by atoms with Crippen LogP contribution >= 0.6 is 11.3 Å². The first-order valence-corrected chi connectivity index (χ1v) is 9.71. The van der Waals surface area contributed by atoms with Crippen LogP contribution in [0.1, 0.15) is 41.3 Å². The Morgan fingerprint density at radius 3 is 2.69 bits per heavy atom. The molecule has 0 saturated carbocycles. The van der Waals surface area contributed by atoms with Crippen molar-refractivity contribution >= 4 is 28.2 Å². The van der Waals surface area contributed by atoms with E-state index < -0.39 is 5.97 Å². The monoisotopic (exact) mass is 373 g/mol. The average Bonchev–Trinajstić information content (AvgIpc) is 3.05. The number of thiophene rings is 1. The van der Waals surface area contributed by atoms with Gasteiger partial charge in [0.15, 0.2) is 0 Å². The molecule has 3 rings (SSSR count). The fourth-order valence-electron chi connectivity index (χ4n) is 3.26. The molecule has 0 unspecified atom stereocenters. The van der Waals surface area contributed by atoms with Gasteiger partial charge in [-0.25, -0.2) is 4.79 Å². The summed E-state index contributed by atoms with van der Waals surface area (Å²) >= 11 is 1.33. The Morgan fingerprint density at radius 1 is 1.19 bits per heavy atom. The Hall–Kier alpha value is -2.18. The van der Waals surface area contributed by atoms with Crippen LogP contribution in [0.2, 0.25) is 0 Å². The number of hydrogen-bond donors (Lipinski definition) is 1. The van der Waals surface area contributed by atoms with E-state index in [1.165, 1.54) is 42.4 Å². The first-order valence-electron chi connectivity index (χ1n) is 8.83. The van der Waals surface area contributed by atoms with Crippen LogP contribution in [0.15, 0.2) is 23.6 Å². The van der Waals surface area contributed by atoms with Crippen molar-refractivity contribution in [2.45, 2.75) is 32.6 Å². The average molecular weight is 373 g/mol. The maximum Gasteiger partial charge on any atom is 0.341 e. The highest BCUT2D eigenvalue weighted by Gasteiger charge is 2.23. The van der Waals surface area contributed by atoms with Gasteiger partial charge in [-0.2, -0.15) is 0 Å². The molecule has 0 saturated heterocycles. The third-order valence-corrected chi connectivity index (χ3v) is 5.35. The summed E-state index contributed by atoms with van der Waals surface area (Å²) in [5, 5.41) is 5.16. The van der Waals surface area contributed by atoms with Crippen molar-refractivity contribution in [2.24, 2.45) is 0 Å². The number of amides is 1. The number of methoxy groups -OCH3 is 1. The molecule has 1 N–H and O–H groups in total. The van der Waals surface area contributed by atoms with Crippen LogP contribution in [0.4, 0.5) is 5.00 Å². The summed E-state index contributed by atoms with van der Waals surface area (Å²) in [5.41, 5.74) is 4.94. The third kappa shape index (κ3) is 3.97. The van der Waals surface area contributed by atoms with Gasteiger partial charge in [0.05, 0.1) is 6.61 Å². The van der Waals surface area contributed by atoms with Gasteiger partial charge in [-0.1, -0.05) is 18.2 Å². The Bertz CT molecular complexity index is 812. The summed E-state index contributed by atoms with van der Waals surface area (Å²) in [6, 6.07) is 6.37. The van der Waals surface area contributed by atoms with E-state index in [-0.39, 0.29) is 19.1 Å². The van der Waals surface area contributed by atoms with Gasteiger partial charge in [-0.15, -0.1) is 11.3 Å². The van der Waals surface area contributed by atoms with Gasteiger partial charge in [0.2, 0.25) is 0 Å². The van der Waals surface area contributed by atoms with E-state index >= 15 is 0 Å². The SMILES string of the molecule is CCOC(=O)c1c(-c2ccc3c(c2)CCCC3)csc1NC(=O)COC. The van der Waals surface area contributed by atoms with E-state index in [0.717, 1.165) is 24.0 Å². The number of esters is 1. The van der Waals surface area contributed by atoms with Crippen LogP contribution < -0.4 is 5.32 Å². The Kier molecular flexibility index (Phi) is 6.06. The van der Waals surface area contributed by atoms with Crippen LogP contribution in [-0.2, 0) is 27.1 Å². The summed E-state index contributed by atoms with van der Waals surface area (Å²) in [4.78, 5) is 24.5. The predicted octanol–water partition coefficient (Wildman–Crippen LogP) is 4.06. The lowest BCUT2D eigenvalue weighted by Crippen LogP contribution is -2.18. The number of ether oxygens (including phenoxy) is 2. The first kappa shape index (κ1) is 18.6. The quantitative estimate of drug-likeness (QED) is 0.776. The third-order valence-electron chi connectivity index (χ3n) is 4.46. The molecule has 0 radical (unpaired) electrons. The molecule has 0 aliphatic heterocycles. The number of nitrogens with one attached hydrogen (secondary N) is 1. The second-order valence-corrected chi connectivity index (χ2v) is 7.13. The van der Waals surface area contributed by atoms with Crippen molar-refractivity contribution in [3.63, 3.8) is 0 Å². The van der Waals surface area contributed by atoms with E-state index in [0.29, 0.717) is 10.6 Å². The number of anilines is 1. The molecule has 1 aliphatic carbocycles. The van der Waals surface area contributed by atoms with Gasteiger partial charge < -0.3 is 14.8 Å². The summed E-state index contributed by atoms with van der Waals surface area (Å²) < 4.78 is 10.1.